The minimum Gasteiger partial charge on any atom is -0.445 e. The molecule has 64 valence electrons. The van der Waals surface area contributed by atoms with Crippen LogP contribution in [0.2, 0.25) is 0 Å². The normalized spacial score (nSPS) is 11.3. The Morgan fingerprint density at radius 1 is 1.73 bits per heavy atom. The van der Waals surface area contributed by atoms with Gasteiger partial charge in [-0.15, -0.1) is 0 Å². The number of aliphatic hydroxyl groups excluding tert-OH is 1. The van der Waals surface area contributed by atoms with Crippen molar-refractivity contribution in [1.82, 2.24) is 0 Å². The largest absolute Gasteiger partial charge is 0.445 e. The second-order valence-corrected chi connectivity index (χ2v) is 1.85. The van der Waals surface area contributed by atoms with Crippen molar-refractivity contribution >= 4 is 6.09 Å². The first-order valence-electron chi connectivity index (χ1n) is 3.02. The Balaban J connectivity index is 3.62. The minimum absolute atomic E-state index is 0.143. The van der Waals surface area contributed by atoms with Gasteiger partial charge in [0.1, 0.15) is 6.61 Å². The van der Waals surface area contributed by atoms with Gasteiger partial charge in [-0.25, -0.2) is 9.18 Å². The quantitative estimate of drug-likeness (QED) is 0.626. The highest BCUT2D eigenvalue weighted by atomic mass is 19.1. The summed E-state index contributed by atoms with van der Waals surface area (Å²) in [5, 5.41) is 8.35. The smallest absolute Gasteiger partial charge is 0.404 e. The molecule has 0 fully saturated rings. The third-order valence-electron chi connectivity index (χ3n) is 0.987. The Hall–Kier alpha value is -1.10. The monoisotopic (exact) mass is 163 g/mol. The number of primary amides is 1. The molecule has 0 heterocycles. The lowest BCUT2D eigenvalue weighted by atomic mass is 10.2. The molecule has 0 saturated heterocycles. The molecule has 0 aromatic heterocycles. The van der Waals surface area contributed by atoms with E-state index in [1.807, 2.05) is 0 Å². The summed E-state index contributed by atoms with van der Waals surface area (Å²) in [7, 11) is 0. The van der Waals surface area contributed by atoms with Crippen LogP contribution >= 0.6 is 0 Å². The Bertz CT molecular complexity index is 158. The topological polar surface area (TPSA) is 72.6 Å². The van der Waals surface area contributed by atoms with Gasteiger partial charge in [-0.1, -0.05) is 0 Å². The van der Waals surface area contributed by atoms with Crippen LogP contribution in [0.15, 0.2) is 11.9 Å². The third kappa shape index (κ3) is 5.35. The average molecular weight is 163 g/mol. The predicted octanol–water partition coefficient (Wildman–Crippen LogP) is 0.318. The van der Waals surface area contributed by atoms with Crippen LogP contribution < -0.4 is 5.73 Å². The molecule has 0 radical (unpaired) electrons. The van der Waals surface area contributed by atoms with E-state index in [1.165, 1.54) is 0 Å². The first kappa shape index (κ1) is 9.90. The number of carbonyl (C=O) groups is 1. The van der Waals surface area contributed by atoms with Gasteiger partial charge in [-0.3, -0.25) is 0 Å². The molecule has 0 aromatic rings. The number of rotatable bonds is 4. The summed E-state index contributed by atoms with van der Waals surface area (Å²) in [5.41, 5.74) is 4.82. The van der Waals surface area contributed by atoms with E-state index < -0.39 is 6.09 Å². The van der Waals surface area contributed by atoms with Gasteiger partial charge < -0.3 is 15.6 Å². The standard InChI is InChI=1S/C6H10FNO3/c7-3-5(1-2-9)4-11-6(8)10/h3,9H,1-2,4H2,(H2,8,10). The van der Waals surface area contributed by atoms with E-state index in [0.29, 0.717) is 6.33 Å². The molecule has 0 aliphatic carbocycles. The number of ether oxygens (including phenoxy) is 1. The van der Waals surface area contributed by atoms with Crippen molar-refractivity contribution in [2.45, 2.75) is 6.42 Å². The average Bonchev–Trinajstić information content (AvgIpc) is 1.97. The zero-order chi connectivity index (χ0) is 8.69. The molecular weight excluding hydrogens is 153 g/mol. The molecule has 11 heavy (non-hydrogen) atoms. The second-order valence-electron chi connectivity index (χ2n) is 1.85. The number of hydrogen-bond acceptors (Lipinski definition) is 3. The van der Waals surface area contributed by atoms with Crippen molar-refractivity contribution in [3.05, 3.63) is 11.9 Å². The summed E-state index contributed by atoms with van der Waals surface area (Å²) in [6, 6.07) is 0. The fraction of sp³-hybridized carbons (Fsp3) is 0.500. The van der Waals surface area contributed by atoms with Gasteiger partial charge in [0.2, 0.25) is 0 Å². The predicted molar refractivity (Wildman–Crippen MR) is 36.4 cm³/mol. The maximum absolute atomic E-state index is 11.8. The summed E-state index contributed by atoms with van der Waals surface area (Å²) in [5.74, 6) is 0. The Labute approximate surface area is 63.4 Å². The molecule has 0 aliphatic rings. The first-order valence-corrected chi connectivity index (χ1v) is 3.02. The SMILES string of the molecule is NC(=O)OCC(=CF)CCO. The molecule has 0 bridgehead atoms. The zero-order valence-electron chi connectivity index (χ0n) is 5.92. The molecule has 3 N–H and O–H groups in total. The fourth-order valence-electron chi connectivity index (χ4n) is 0.466. The summed E-state index contributed by atoms with van der Waals surface area (Å²) >= 11 is 0. The van der Waals surface area contributed by atoms with Crippen LogP contribution in [-0.4, -0.2) is 24.4 Å². The molecule has 4 nitrogen and oxygen atoms in total. The van der Waals surface area contributed by atoms with Gasteiger partial charge in [-0.2, -0.15) is 0 Å². The summed E-state index contributed by atoms with van der Waals surface area (Å²) in [4.78, 5) is 10.0. The van der Waals surface area contributed by atoms with E-state index in [0.717, 1.165) is 0 Å². The molecule has 0 aromatic carbocycles. The van der Waals surface area contributed by atoms with Crippen LogP contribution in [0, 0.1) is 0 Å². The van der Waals surface area contributed by atoms with Crippen LogP contribution in [0.4, 0.5) is 9.18 Å². The molecule has 0 unspecified atom stereocenters. The molecule has 0 aliphatic heterocycles. The maximum Gasteiger partial charge on any atom is 0.404 e. The number of hydrogen-bond donors (Lipinski definition) is 2. The van der Waals surface area contributed by atoms with Gasteiger partial charge in [0.25, 0.3) is 0 Å². The lowest BCUT2D eigenvalue weighted by Crippen LogP contribution is -2.15. The molecule has 1 amide bonds. The molecule has 0 spiro atoms. The number of nitrogens with two attached hydrogens (primary N) is 1. The number of halogens is 1. The lowest BCUT2D eigenvalue weighted by Gasteiger charge is -2.02. The summed E-state index contributed by atoms with van der Waals surface area (Å²) in [6.07, 6.45) is -0.523. The van der Waals surface area contributed by atoms with Gasteiger partial charge >= 0.3 is 6.09 Å². The van der Waals surface area contributed by atoms with Crippen molar-refractivity contribution in [2.75, 3.05) is 13.2 Å². The van der Waals surface area contributed by atoms with Crippen LogP contribution in [-0.2, 0) is 4.74 Å². The molecule has 0 atom stereocenters. The van der Waals surface area contributed by atoms with Crippen LogP contribution in [0.1, 0.15) is 6.42 Å². The molecular formula is C6H10FNO3. The Morgan fingerprint density at radius 3 is 2.73 bits per heavy atom. The van der Waals surface area contributed by atoms with Crippen LogP contribution in [0.3, 0.4) is 0 Å². The van der Waals surface area contributed by atoms with E-state index in [-0.39, 0.29) is 25.2 Å². The lowest BCUT2D eigenvalue weighted by molar-refractivity contribution is 0.163. The molecule has 5 heteroatoms. The van der Waals surface area contributed by atoms with Crippen LogP contribution in [0.5, 0.6) is 0 Å². The highest BCUT2D eigenvalue weighted by Crippen LogP contribution is 2.01. The van der Waals surface area contributed by atoms with Gasteiger partial charge in [0, 0.05) is 6.61 Å². The van der Waals surface area contributed by atoms with E-state index in [2.05, 4.69) is 10.5 Å². The minimum atomic E-state index is -0.956. The first-order chi connectivity index (χ1) is 5.20. The van der Waals surface area contributed by atoms with E-state index >= 15 is 0 Å². The number of amides is 1. The van der Waals surface area contributed by atoms with Gasteiger partial charge in [0.15, 0.2) is 0 Å². The molecule has 0 rings (SSSR count). The van der Waals surface area contributed by atoms with Crippen molar-refractivity contribution in [2.24, 2.45) is 5.73 Å². The summed E-state index contributed by atoms with van der Waals surface area (Å²) in [6.45, 7) is -0.385. The van der Waals surface area contributed by atoms with E-state index in [4.69, 9.17) is 5.11 Å². The van der Waals surface area contributed by atoms with Crippen molar-refractivity contribution in [3.8, 4) is 0 Å². The van der Waals surface area contributed by atoms with Crippen molar-refractivity contribution in [3.63, 3.8) is 0 Å². The van der Waals surface area contributed by atoms with E-state index in [1.54, 1.807) is 0 Å². The van der Waals surface area contributed by atoms with Gasteiger partial charge in [-0.05, 0) is 12.0 Å². The second kappa shape index (κ2) is 5.67. The zero-order valence-corrected chi connectivity index (χ0v) is 5.92. The maximum atomic E-state index is 11.8. The van der Waals surface area contributed by atoms with Crippen molar-refractivity contribution in [1.29, 1.82) is 0 Å². The number of aliphatic hydroxyl groups is 1. The van der Waals surface area contributed by atoms with Crippen LogP contribution in [0.25, 0.3) is 0 Å². The Morgan fingerprint density at radius 2 is 2.36 bits per heavy atom. The van der Waals surface area contributed by atoms with Gasteiger partial charge in [0.05, 0.1) is 6.33 Å². The molecule has 0 saturated carbocycles. The van der Waals surface area contributed by atoms with Crippen molar-refractivity contribution < 1.29 is 19.0 Å². The highest BCUT2D eigenvalue weighted by Gasteiger charge is 1.99. The Kier molecular flexibility index (Phi) is 5.10. The fourth-order valence-corrected chi connectivity index (χ4v) is 0.466. The number of carbonyl (C=O) groups excluding carboxylic acids is 1. The van der Waals surface area contributed by atoms with E-state index in [9.17, 15) is 9.18 Å². The highest BCUT2D eigenvalue weighted by molar-refractivity contribution is 5.64. The summed E-state index contributed by atoms with van der Waals surface area (Å²) < 4.78 is 16.1. The third-order valence-corrected chi connectivity index (χ3v) is 0.987.